The first-order chi connectivity index (χ1) is 7.68. The number of anilines is 1. The first-order valence-corrected chi connectivity index (χ1v) is 5.47. The third-order valence-corrected chi connectivity index (χ3v) is 3.05. The molecule has 0 amide bonds. The average molecular weight is 221 g/mol. The molecular formula is C11H15N3O2. The maximum atomic E-state index is 10.8. The van der Waals surface area contributed by atoms with Gasteiger partial charge in [-0.2, -0.15) is 0 Å². The van der Waals surface area contributed by atoms with E-state index in [9.17, 15) is 4.79 Å². The highest BCUT2D eigenvalue weighted by atomic mass is 16.4. The van der Waals surface area contributed by atoms with Crippen LogP contribution in [0.25, 0.3) is 0 Å². The second kappa shape index (κ2) is 4.47. The van der Waals surface area contributed by atoms with Crippen LogP contribution < -0.4 is 4.90 Å². The summed E-state index contributed by atoms with van der Waals surface area (Å²) in [6.07, 6.45) is 6.23. The number of rotatable bonds is 3. The summed E-state index contributed by atoms with van der Waals surface area (Å²) in [6.45, 7) is 0. The van der Waals surface area contributed by atoms with Crippen LogP contribution in [-0.4, -0.2) is 34.1 Å². The van der Waals surface area contributed by atoms with Crippen LogP contribution in [0.5, 0.6) is 0 Å². The highest BCUT2D eigenvalue weighted by molar-refractivity contribution is 5.85. The number of carbonyl (C=O) groups is 1. The zero-order valence-electron chi connectivity index (χ0n) is 9.26. The van der Waals surface area contributed by atoms with Gasteiger partial charge in [0.25, 0.3) is 0 Å². The normalized spacial score (nSPS) is 16.3. The third kappa shape index (κ3) is 2.13. The minimum atomic E-state index is -1.01. The van der Waals surface area contributed by atoms with Crippen molar-refractivity contribution in [2.45, 2.75) is 31.7 Å². The summed E-state index contributed by atoms with van der Waals surface area (Å²) in [5.74, 6) is -0.504. The van der Waals surface area contributed by atoms with E-state index in [1.807, 2.05) is 11.9 Å². The van der Waals surface area contributed by atoms with Gasteiger partial charge in [-0.05, 0) is 18.9 Å². The lowest BCUT2D eigenvalue weighted by Gasteiger charge is -2.24. The minimum Gasteiger partial charge on any atom is -0.477 e. The number of aromatic carboxylic acids is 1. The Morgan fingerprint density at radius 3 is 2.81 bits per heavy atom. The second-order valence-corrected chi connectivity index (χ2v) is 4.10. The van der Waals surface area contributed by atoms with Gasteiger partial charge in [-0.1, -0.05) is 12.8 Å². The van der Waals surface area contributed by atoms with Crippen LogP contribution in [0.4, 0.5) is 5.95 Å². The molecule has 2 rings (SSSR count). The van der Waals surface area contributed by atoms with Crippen molar-refractivity contribution < 1.29 is 9.90 Å². The van der Waals surface area contributed by atoms with Crippen molar-refractivity contribution in [2.75, 3.05) is 11.9 Å². The molecule has 0 unspecified atom stereocenters. The maximum absolute atomic E-state index is 10.8. The molecule has 1 aliphatic rings. The lowest BCUT2D eigenvalue weighted by atomic mass is 10.2. The summed E-state index contributed by atoms with van der Waals surface area (Å²) < 4.78 is 0. The molecule has 0 saturated heterocycles. The van der Waals surface area contributed by atoms with Gasteiger partial charge in [-0.15, -0.1) is 0 Å². The molecule has 0 spiro atoms. The van der Waals surface area contributed by atoms with E-state index in [0.29, 0.717) is 12.0 Å². The number of hydrogen-bond acceptors (Lipinski definition) is 4. The summed E-state index contributed by atoms with van der Waals surface area (Å²) in [5, 5.41) is 8.85. The molecule has 0 aliphatic heterocycles. The molecule has 1 aromatic rings. The molecule has 1 fully saturated rings. The summed E-state index contributed by atoms with van der Waals surface area (Å²) in [6, 6.07) is 1.86. The van der Waals surface area contributed by atoms with Gasteiger partial charge in [-0.3, -0.25) is 0 Å². The van der Waals surface area contributed by atoms with E-state index in [0.717, 1.165) is 12.8 Å². The van der Waals surface area contributed by atoms with E-state index < -0.39 is 5.97 Å². The monoisotopic (exact) mass is 221 g/mol. The number of carboxylic acids is 1. The molecular weight excluding hydrogens is 206 g/mol. The molecule has 1 aromatic heterocycles. The van der Waals surface area contributed by atoms with Crippen molar-refractivity contribution in [1.82, 2.24) is 9.97 Å². The molecule has 0 atom stereocenters. The van der Waals surface area contributed by atoms with Gasteiger partial charge in [-0.25, -0.2) is 14.8 Å². The fraction of sp³-hybridized carbons (Fsp3) is 0.545. The lowest BCUT2D eigenvalue weighted by molar-refractivity contribution is 0.0690. The van der Waals surface area contributed by atoms with Crippen LogP contribution in [0.2, 0.25) is 0 Å². The largest absolute Gasteiger partial charge is 0.477 e. The maximum Gasteiger partial charge on any atom is 0.354 e. The Morgan fingerprint density at radius 1 is 1.50 bits per heavy atom. The molecule has 86 valence electrons. The van der Waals surface area contributed by atoms with Crippen LogP contribution >= 0.6 is 0 Å². The Balaban J connectivity index is 2.18. The van der Waals surface area contributed by atoms with Gasteiger partial charge in [0.2, 0.25) is 5.95 Å². The zero-order valence-corrected chi connectivity index (χ0v) is 9.26. The molecule has 0 aromatic carbocycles. The summed E-state index contributed by atoms with van der Waals surface area (Å²) in [4.78, 5) is 20.9. The lowest BCUT2D eigenvalue weighted by Crippen LogP contribution is -2.30. The van der Waals surface area contributed by atoms with E-state index in [-0.39, 0.29) is 5.69 Å². The van der Waals surface area contributed by atoms with Crippen molar-refractivity contribution in [1.29, 1.82) is 0 Å². The predicted molar refractivity (Wildman–Crippen MR) is 59.7 cm³/mol. The van der Waals surface area contributed by atoms with Crippen molar-refractivity contribution in [3.8, 4) is 0 Å². The third-order valence-electron chi connectivity index (χ3n) is 3.05. The van der Waals surface area contributed by atoms with Gasteiger partial charge in [0.05, 0.1) is 0 Å². The Morgan fingerprint density at radius 2 is 2.19 bits per heavy atom. The van der Waals surface area contributed by atoms with Gasteiger partial charge < -0.3 is 10.0 Å². The van der Waals surface area contributed by atoms with Crippen LogP contribution in [-0.2, 0) is 0 Å². The number of nitrogens with zero attached hydrogens (tertiary/aromatic N) is 3. The molecule has 0 radical (unpaired) electrons. The Hall–Kier alpha value is -1.65. The smallest absolute Gasteiger partial charge is 0.354 e. The van der Waals surface area contributed by atoms with Crippen molar-refractivity contribution in [3.63, 3.8) is 0 Å². The Bertz CT molecular complexity index is 389. The molecule has 1 N–H and O–H groups in total. The molecule has 0 bridgehead atoms. The second-order valence-electron chi connectivity index (χ2n) is 4.10. The van der Waals surface area contributed by atoms with Crippen LogP contribution in [0, 0.1) is 0 Å². The first-order valence-electron chi connectivity index (χ1n) is 5.47. The van der Waals surface area contributed by atoms with Gasteiger partial charge in [0.1, 0.15) is 0 Å². The van der Waals surface area contributed by atoms with E-state index in [1.165, 1.54) is 25.1 Å². The minimum absolute atomic E-state index is 0.0508. The number of hydrogen-bond donors (Lipinski definition) is 1. The Labute approximate surface area is 94.1 Å². The topological polar surface area (TPSA) is 66.3 Å². The summed E-state index contributed by atoms with van der Waals surface area (Å²) in [7, 11) is 1.93. The van der Waals surface area contributed by atoms with E-state index in [2.05, 4.69) is 9.97 Å². The fourth-order valence-corrected chi connectivity index (χ4v) is 2.09. The van der Waals surface area contributed by atoms with Gasteiger partial charge >= 0.3 is 5.97 Å². The molecule has 1 heterocycles. The summed E-state index contributed by atoms with van der Waals surface area (Å²) in [5.41, 5.74) is 0.0508. The molecule has 1 aliphatic carbocycles. The quantitative estimate of drug-likeness (QED) is 0.838. The van der Waals surface area contributed by atoms with Gasteiger partial charge in [0, 0.05) is 19.3 Å². The highest BCUT2D eigenvalue weighted by Crippen LogP contribution is 2.24. The van der Waals surface area contributed by atoms with E-state index >= 15 is 0 Å². The summed E-state index contributed by atoms with van der Waals surface area (Å²) >= 11 is 0. The number of aromatic nitrogens is 2. The molecule has 16 heavy (non-hydrogen) atoms. The van der Waals surface area contributed by atoms with Gasteiger partial charge in [0.15, 0.2) is 5.69 Å². The van der Waals surface area contributed by atoms with E-state index in [4.69, 9.17) is 5.11 Å². The number of carboxylic acid groups (broad SMARTS) is 1. The molecule has 5 heteroatoms. The highest BCUT2D eigenvalue weighted by Gasteiger charge is 2.21. The average Bonchev–Trinajstić information content (AvgIpc) is 2.81. The SMILES string of the molecule is CN(c1nccc(C(=O)O)n1)C1CCCC1. The van der Waals surface area contributed by atoms with Crippen LogP contribution in [0.3, 0.4) is 0 Å². The van der Waals surface area contributed by atoms with Crippen molar-refractivity contribution in [3.05, 3.63) is 18.0 Å². The first kappa shape index (κ1) is 10.9. The molecule has 5 nitrogen and oxygen atoms in total. The zero-order chi connectivity index (χ0) is 11.5. The van der Waals surface area contributed by atoms with Crippen LogP contribution in [0.1, 0.15) is 36.2 Å². The fourth-order valence-electron chi connectivity index (χ4n) is 2.09. The molecule has 1 saturated carbocycles. The van der Waals surface area contributed by atoms with Crippen LogP contribution in [0.15, 0.2) is 12.3 Å². The Kier molecular flexibility index (Phi) is 3.03. The van der Waals surface area contributed by atoms with Crippen molar-refractivity contribution >= 4 is 11.9 Å². The van der Waals surface area contributed by atoms with E-state index in [1.54, 1.807) is 0 Å². The predicted octanol–water partition coefficient (Wildman–Crippen LogP) is 1.55. The standard InChI is InChI=1S/C11H15N3O2/c1-14(8-4-2-3-5-8)11-12-7-6-9(13-11)10(15)16/h6-8H,2-5H2,1H3,(H,15,16). The van der Waals surface area contributed by atoms with Crippen molar-refractivity contribution in [2.24, 2.45) is 0 Å².